The highest BCUT2D eigenvalue weighted by Gasteiger charge is 2.07. The zero-order valence-electron chi connectivity index (χ0n) is 9.88. The largest absolute Gasteiger partial charge is 0.354 e. The standard InChI is InChI=1S/C13H17Cl2NO/c1-2-4-12(15)9-16-13(17)8-10-5-3-6-11(14)7-10/h3,5-7,12H,2,4,8-9H2,1H3,(H,16,17). The van der Waals surface area contributed by atoms with Gasteiger partial charge in [-0.3, -0.25) is 4.79 Å². The molecule has 0 saturated carbocycles. The molecule has 0 fully saturated rings. The maximum Gasteiger partial charge on any atom is 0.224 e. The monoisotopic (exact) mass is 273 g/mol. The van der Waals surface area contributed by atoms with Crippen LogP contribution in [0.2, 0.25) is 5.02 Å². The van der Waals surface area contributed by atoms with Gasteiger partial charge in [-0.2, -0.15) is 0 Å². The molecule has 0 heterocycles. The average molecular weight is 274 g/mol. The zero-order chi connectivity index (χ0) is 12.7. The van der Waals surface area contributed by atoms with E-state index in [0.29, 0.717) is 18.0 Å². The number of hydrogen-bond donors (Lipinski definition) is 1. The summed E-state index contributed by atoms with van der Waals surface area (Å²) in [5, 5.41) is 3.49. The topological polar surface area (TPSA) is 29.1 Å². The summed E-state index contributed by atoms with van der Waals surface area (Å²) >= 11 is 11.9. The minimum atomic E-state index is -0.0194. The van der Waals surface area contributed by atoms with Crippen LogP contribution in [0.25, 0.3) is 0 Å². The van der Waals surface area contributed by atoms with Crippen LogP contribution in [-0.2, 0) is 11.2 Å². The molecule has 1 rings (SSSR count). The predicted octanol–water partition coefficient (Wildman–Crippen LogP) is 3.41. The normalized spacial score (nSPS) is 12.2. The summed E-state index contributed by atoms with van der Waals surface area (Å²) in [5.74, 6) is -0.0194. The fourth-order valence-electron chi connectivity index (χ4n) is 1.53. The van der Waals surface area contributed by atoms with E-state index in [9.17, 15) is 4.79 Å². The lowest BCUT2D eigenvalue weighted by Crippen LogP contribution is -2.30. The minimum absolute atomic E-state index is 0.0170. The number of rotatable bonds is 6. The Hall–Kier alpha value is -0.730. The van der Waals surface area contributed by atoms with Crippen LogP contribution in [0.5, 0.6) is 0 Å². The summed E-state index contributed by atoms with van der Waals surface area (Å²) in [4.78, 5) is 11.6. The van der Waals surface area contributed by atoms with E-state index >= 15 is 0 Å². The molecule has 1 atom stereocenters. The van der Waals surface area contributed by atoms with Gasteiger partial charge >= 0.3 is 0 Å². The van der Waals surface area contributed by atoms with Crippen molar-refractivity contribution >= 4 is 29.1 Å². The Kier molecular flexibility index (Phi) is 6.38. The van der Waals surface area contributed by atoms with E-state index < -0.39 is 0 Å². The molecule has 1 N–H and O–H groups in total. The van der Waals surface area contributed by atoms with Gasteiger partial charge in [0.25, 0.3) is 0 Å². The van der Waals surface area contributed by atoms with Crippen molar-refractivity contribution in [2.75, 3.05) is 6.54 Å². The van der Waals surface area contributed by atoms with E-state index in [1.807, 2.05) is 12.1 Å². The molecule has 0 spiro atoms. The molecule has 0 radical (unpaired) electrons. The third-order valence-corrected chi connectivity index (χ3v) is 2.98. The predicted molar refractivity (Wildman–Crippen MR) is 72.7 cm³/mol. The summed E-state index contributed by atoms with van der Waals surface area (Å²) < 4.78 is 0. The molecule has 0 aliphatic heterocycles. The summed E-state index contributed by atoms with van der Waals surface area (Å²) in [6.07, 6.45) is 2.29. The van der Waals surface area contributed by atoms with Crippen molar-refractivity contribution in [3.63, 3.8) is 0 Å². The Bertz CT molecular complexity index is 368. The molecular weight excluding hydrogens is 257 g/mol. The Morgan fingerprint density at radius 1 is 1.47 bits per heavy atom. The van der Waals surface area contributed by atoms with Crippen molar-refractivity contribution in [3.05, 3.63) is 34.9 Å². The van der Waals surface area contributed by atoms with Crippen molar-refractivity contribution in [3.8, 4) is 0 Å². The highest BCUT2D eigenvalue weighted by Crippen LogP contribution is 2.11. The molecule has 1 amide bonds. The van der Waals surface area contributed by atoms with Gasteiger partial charge in [0.05, 0.1) is 11.8 Å². The highest BCUT2D eigenvalue weighted by molar-refractivity contribution is 6.30. The first-order valence-electron chi connectivity index (χ1n) is 5.77. The first kappa shape index (κ1) is 14.3. The molecule has 0 aliphatic carbocycles. The van der Waals surface area contributed by atoms with Crippen molar-refractivity contribution < 1.29 is 4.79 Å². The second kappa shape index (κ2) is 7.57. The van der Waals surface area contributed by atoms with Crippen LogP contribution in [0, 0.1) is 0 Å². The van der Waals surface area contributed by atoms with E-state index in [-0.39, 0.29) is 11.3 Å². The van der Waals surface area contributed by atoms with Gasteiger partial charge in [-0.05, 0) is 24.1 Å². The van der Waals surface area contributed by atoms with Gasteiger partial charge in [0.2, 0.25) is 5.91 Å². The Labute approximate surface area is 112 Å². The second-order valence-electron chi connectivity index (χ2n) is 4.00. The van der Waals surface area contributed by atoms with Gasteiger partial charge in [-0.15, -0.1) is 11.6 Å². The van der Waals surface area contributed by atoms with Gasteiger partial charge in [0.15, 0.2) is 0 Å². The molecule has 17 heavy (non-hydrogen) atoms. The third kappa shape index (κ3) is 5.94. The number of hydrogen-bond acceptors (Lipinski definition) is 1. The maximum atomic E-state index is 11.6. The van der Waals surface area contributed by atoms with Crippen LogP contribution in [0.4, 0.5) is 0 Å². The molecule has 0 saturated heterocycles. The van der Waals surface area contributed by atoms with Crippen LogP contribution in [-0.4, -0.2) is 17.8 Å². The van der Waals surface area contributed by atoms with Gasteiger partial charge < -0.3 is 5.32 Å². The fourth-order valence-corrected chi connectivity index (χ4v) is 2.04. The Balaban J connectivity index is 2.34. The molecule has 1 unspecified atom stereocenters. The van der Waals surface area contributed by atoms with Gasteiger partial charge in [0, 0.05) is 11.6 Å². The number of carbonyl (C=O) groups excluding carboxylic acids is 1. The summed E-state index contributed by atoms with van der Waals surface area (Å²) in [5.41, 5.74) is 0.914. The Morgan fingerprint density at radius 2 is 2.24 bits per heavy atom. The number of nitrogens with one attached hydrogen (secondary N) is 1. The van der Waals surface area contributed by atoms with Crippen molar-refractivity contribution in [2.24, 2.45) is 0 Å². The SMILES string of the molecule is CCCC(Cl)CNC(=O)Cc1cccc(Cl)c1. The third-order valence-electron chi connectivity index (χ3n) is 2.38. The lowest BCUT2D eigenvalue weighted by Gasteiger charge is -2.09. The smallest absolute Gasteiger partial charge is 0.224 e. The van der Waals surface area contributed by atoms with Crippen molar-refractivity contribution in [1.82, 2.24) is 5.32 Å². The molecule has 0 bridgehead atoms. The van der Waals surface area contributed by atoms with Crippen LogP contribution >= 0.6 is 23.2 Å². The second-order valence-corrected chi connectivity index (χ2v) is 5.05. The van der Waals surface area contributed by atoms with Gasteiger partial charge in [-0.25, -0.2) is 0 Å². The number of halogens is 2. The van der Waals surface area contributed by atoms with Crippen molar-refractivity contribution in [1.29, 1.82) is 0 Å². The van der Waals surface area contributed by atoms with E-state index in [4.69, 9.17) is 23.2 Å². The fraction of sp³-hybridized carbons (Fsp3) is 0.462. The lowest BCUT2D eigenvalue weighted by atomic mass is 10.1. The van der Waals surface area contributed by atoms with Gasteiger partial charge in [-0.1, -0.05) is 37.1 Å². The van der Waals surface area contributed by atoms with E-state index in [1.54, 1.807) is 12.1 Å². The number of carbonyl (C=O) groups is 1. The summed E-state index contributed by atoms with van der Waals surface area (Å²) in [6, 6.07) is 7.31. The molecule has 0 aliphatic rings. The molecule has 1 aromatic carbocycles. The summed E-state index contributed by atoms with van der Waals surface area (Å²) in [6.45, 7) is 2.60. The van der Waals surface area contributed by atoms with Crippen LogP contribution in [0.15, 0.2) is 24.3 Å². The van der Waals surface area contributed by atoms with E-state index in [1.165, 1.54) is 0 Å². The van der Waals surface area contributed by atoms with Crippen LogP contribution in [0.1, 0.15) is 25.3 Å². The van der Waals surface area contributed by atoms with Crippen LogP contribution < -0.4 is 5.32 Å². The minimum Gasteiger partial charge on any atom is -0.354 e. The molecule has 2 nitrogen and oxygen atoms in total. The number of benzene rings is 1. The molecule has 94 valence electrons. The average Bonchev–Trinajstić information content (AvgIpc) is 2.27. The summed E-state index contributed by atoms with van der Waals surface area (Å²) in [7, 11) is 0. The quantitative estimate of drug-likeness (QED) is 0.791. The van der Waals surface area contributed by atoms with Crippen LogP contribution in [0.3, 0.4) is 0 Å². The molecular formula is C13H17Cl2NO. The number of amides is 1. The van der Waals surface area contributed by atoms with E-state index in [0.717, 1.165) is 18.4 Å². The number of alkyl halides is 1. The maximum absolute atomic E-state index is 11.6. The lowest BCUT2D eigenvalue weighted by molar-refractivity contribution is -0.120. The zero-order valence-corrected chi connectivity index (χ0v) is 11.4. The first-order chi connectivity index (χ1) is 8.11. The van der Waals surface area contributed by atoms with Crippen molar-refractivity contribution in [2.45, 2.75) is 31.6 Å². The molecule has 0 aromatic heterocycles. The first-order valence-corrected chi connectivity index (χ1v) is 6.58. The van der Waals surface area contributed by atoms with E-state index in [2.05, 4.69) is 12.2 Å². The highest BCUT2D eigenvalue weighted by atomic mass is 35.5. The Morgan fingerprint density at radius 3 is 2.88 bits per heavy atom. The molecule has 1 aromatic rings. The van der Waals surface area contributed by atoms with Gasteiger partial charge in [0.1, 0.15) is 0 Å². The molecule has 4 heteroatoms.